The maximum Gasteiger partial charge on any atom is 0.224 e. The standard InChI is InChI=1S/C13H14F2N4O/c14-10-4-3-9(6-11(10)15)7-13(20)16-5-1-2-12-17-8-18-19-12/h3-4,6,8H,1-2,5,7H2,(H,16,20)(H,17,18,19). The number of hydrogen-bond acceptors (Lipinski definition) is 3. The van der Waals surface area contributed by atoms with E-state index in [-0.39, 0.29) is 12.3 Å². The Kier molecular flexibility index (Phi) is 4.75. The van der Waals surface area contributed by atoms with Crippen molar-refractivity contribution in [2.24, 2.45) is 0 Å². The molecule has 0 fully saturated rings. The number of carbonyl (C=O) groups is 1. The van der Waals surface area contributed by atoms with Crippen LogP contribution < -0.4 is 5.32 Å². The highest BCUT2D eigenvalue weighted by atomic mass is 19.2. The Morgan fingerprint density at radius 1 is 1.30 bits per heavy atom. The third kappa shape index (κ3) is 4.11. The Balaban J connectivity index is 1.71. The van der Waals surface area contributed by atoms with Crippen LogP contribution in [-0.4, -0.2) is 27.6 Å². The van der Waals surface area contributed by atoms with E-state index in [1.54, 1.807) is 0 Å². The molecule has 0 bridgehead atoms. The van der Waals surface area contributed by atoms with Crippen molar-refractivity contribution >= 4 is 5.91 Å². The summed E-state index contributed by atoms with van der Waals surface area (Å²) in [6, 6.07) is 3.44. The number of rotatable bonds is 6. The molecular formula is C13H14F2N4O. The van der Waals surface area contributed by atoms with Crippen LogP contribution in [0.15, 0.2) is 24.5 Å². The molecule has 5 nitrogen and oxygen atoms in total. The fraction of sp³-hybridized carbons (Fsp3) is 0.308. The number of carbonyl (C=O) groups excluding carboxylic acids is 1. The van der Waals surface area contributed by atoms with Crippen LogP contribution in [0.3, 0.4) is 0 Å². The van der Waals surface area contributed by atoms with Crippen molar-refractivity contribution in [1.82, 2.24) is 20.5 Å². The summed E-state index contributed by atoms with van der Waals surface area (Å²) in [6.07, 6.45) is 2.86. The van der Waals surface area contributed by atoms with E-state index in [1.807, 2.05) is 0 Å². The highest BCUT2D eigenvalue weighted by molar-refractivity contribution is 5.78. The first-order valence-electron chi connectivity index (χ1n) is 6.20. The van der Waals surface area contributed by atoms with E-state index in [0.717, 1.165) is 24.4 Å². The predicted molar refractivity (Wildman–Crippen MR) is 67.8 cm³/mol. The van der Waals surface area contributed by atoms with E-state index in [9.17, 15) is 13.6 Å². The van der Waals surface area contributed by atoms with Crippen molar-refractivity contribution in [3.8, 4) is 0 Å². The number of amides is 1. The number of nitrogens with one attached hydrogen (secondary N) is 2. The maximum atomic E-state index is 13.0. The lowest BCUT2D eigenvalue weighted by molar-refractivity contribution is -0.120. The molecule has 0 aliphatic carbocycles. The zero-order chi connectivity index (χ0) is 14.4. The van der Waals surface area contributed by atoms with Crippen molar-refractivity contribution in [3.63, 3.8) is 0 Å². The van der Waals surface area contributed by atoms with Gasteiger partial charge < -0.3 is 5.32 Å². The van der Waals surface area contributed by atoms with Crippen molar-refractivity contribution in [1.29, 1.82) is 0 Å². The summed E-state index contributed by atoms with van der Waals surface area (Å²) in [5, 5.41) is 9.15. The summed E-state index contributed by atoms with van der Waals surface area (Å²) < 4.78 is 25.7. The second-order valence-corrected chi connectivity index (χ2v) is 4.31. The average molecular weight is 280 g/mol. The topological polar surface area (TPSA) is 70.7 Å². The summed E-state index contributed by atoms with van der Waals surface area (Å²) in [4.78, 5) is 15.6. The predicted octanol–water partition coefficient (Wildman–Crippen LogP) is 1.37. The molecule has 0 aliphatic rings. The molecular weight excluding hydrogens is 266 g/mol. The highest BCUT2D eigenvalue weighted by Crippen LogP contribution is 2.09. The molecule has 20 heavy (non-hydrogen) atoms. The van der Waals surface area contributed by atoms with Gasteiger partial charge in [0.2, 0.25) is 5.91 Å². The van der Waals surface area contributed by atoms with Crippen LogP contribution in [0.2, 0.25) is 0 Å². The van der Waals surface area contributed by atoms with Gasteiger partial charge in [0.1, 0.15) is 12.2 Å². The monoisotopic (exact) mass is 280 g/mol. The number of benzene rings is 1. The largest absolute Gasteiger partial charge is 0.356 e. The molecule has 0 atom stereocenters. The van der Waals surface area contributed by atoms with Gasteiger partial charge in [-0.2, -0.15) is 5.10 Å². The highest BCUT2D eigenvalue weighted by Gasteiger charge is 2.07. The smallest absolute Gasteiger partial charge is 0.224 e. The minimum absolute atomic E-state index is 0.0273. The number of H-pyrrole nitrogens is 1. The zero-order valence-corrected chi connectivity index (χ0v) is 10.7. The van der Waals surface area contributed by atoms with Crippen LogP contribution in [0, 0.1) is 11.6 Å². The number of aromatic nitrogens is 3. The summed E-state index contributed by atoms with van der Waals surface area (Å²) >= 11 is 0. The fourth-order valence-electron chi connectivity index (χ4n) is 1.73. The van der Waals surface area contributed by atoms with Gasteiger partial charge in [0.15, 0.2) is 11.6 Å². The minimum Gasteiger partial charge on any atom is -0.356 e. The third-order valence-corrected chi connectivity index (χ3v) is 2.73. The van der Waals surface area contributed by atoms with Gasteiger partial charge in [-0.15, -0.1) is 0 Å². The minimum atomic E-state index is -0.944. The zero-order valence-electron chi connectivity index (χ0n) is 10.7. The molecule has 7 heteroatoms. The Morgan fingerprint density at radius 2 is 2.15 bits per heavy atom. The lowest BCUT2D eigenvalue weighted by Gasteiger charge is -2.05. The van der Waals surface area contributed by atoms with Gasteiger partial charge >= 0.3 is 0 Å². The van der Waals surface area contributed by atoms with E-state index in [2.05, 4.69) is 20.5 Å². The van der Waals surface area contributed by atoms with Gasteiger partial charge in [-0.1, -0.05) is 6.07 Å². The number of aryl methyl sites for hydroxylation is 1. The molecule has 1 aromatic carbocycles. The lowest BCUT2D eigenvalue weighted by Crippen LogP contribution is -2.26. The molecule has 2 N–H and O–H groups in total. The van der Waals surface area contributed by atoms with Crippen LogP contribution in [0.4, 0.5) is 8.78 Å². The van der Waals surface area contributed by atoms with E-state index < -0.39 is 11.6 Å². The average Bonchev–Trinajstić information content (AvgIpc) is 2.92. The van der Waals surface area contributed by atoms with E-state index in [1.165, 1.54) is 12.4 Å². The molecule has 0 saturated carbocycles. The van der Waals surface area contributed by atoms with Gasteiger partial charge in [-0.25, -0.2) is 13.8 Å². The Bertz CT molecular complexity index is 572. The second-order valence-electron chi connectivity index (χ2n) is 4.31. The molecule has 0 spiro atoms. The SMILES string of the molecule is O=C(Cc1ccc(F)c(F)c1)NCCCc1ncn[nH]1. The van der Waals surface area contributed by atoms with Gasteiger partial charge in [-0.05, 0) is 24.1 Å². The summed E-state index contributed by atoms with van der Waals surface area (Å²) in [7, 11) is 0. The third-order valence-electron chi connectivity index (χ3n) is 2.73. The molecule has 1 aromatic heterocycles. The Labute approximate surface area is 114 Å². The quantitative estimate of drug-likeness (QED) is 0.785. The molecule has 1 amide bonds. The summed E-state index contributed by atoms with van der Waals surface area (Å²) in [6.45, 7) is 0.489. The molecule has 0 saturated heterocycles. The van der Waals surface area contributed by atoms with Crippen molar-refractivity contribution in [3.05, 3.63) is 47.5 Å². The lowest BCUT2D eigenvalue weighted by atomic mass is 10.1. The van der Waals surface area contributed by atoms with E-state index >= 15 is 0 Å². The van der Waals surface area contributed by atoms with E-state index in [4.69, 9.17) is 0 Å². The van der Waals surface area contributed by atoms with Crippen molar-refractivity contribution < 1.29 is 13.6 Å². The summed E-state index contributed by atoms with van der Waals surface area (Å²) in [5.74, 6) is -1.32. The van der Waals surface area contributed by atoms with Crippen molar-refractivity contribution in [2.45, 2.75) is 19.3 Å². The molecule has 0 radical (unpaired) electrons. The van der Waals surface area contributed by atoms with Crippen LogP contribution in [0.1, 0.15) is 17.8 Å². The second kappa shape index (κ2) is 6.74. The normalized spacial score (nSPS) is 10.5. The Hall–Kier alpha value is -2.31. The molecule has 106 valence electrons. The first kappa shape index (κ1) is 14.1. The number of hydrogen-bond donors (Lipinski definition) is 2. The molecule has 2 aromatic rings. The van der Waals surface area contributed by atoms with Gasteiger partial charge in [0, 0.05) is 13.0 Å². The molecule has 0 unspecified atom stereocenters. The summed E-state index contributed by atoms with van der Waals surface area (Å²) in [5.41, 5.74) is 0.441. The number of aromatic amines is 1. The van der Waals surface area contributed by atoms with Crippen LogP contribution in [0.25, 0.3) is 0 Å². The van der Waals surface area contributed by atoms with Crippen LogP contribution in [0.5, 0.6) is 0 Å². The maximum absolute atomic E-state index is 13.0. The molecule has 0 aliphatic heterocycles. The Morgan fingerprint density at radius 3 is 2.85 bits per heavy atom. The first-order valence-corrected chi connectivity index (χ1v) is 6.20. The number of nitrogens with zero attached hydrogens (tertiary/aromatic N) is 2. The van der Waals surface area contributed by atoms with Gasteiger partial charge in [0.25, 0.3) is 0 Å². The van der Waals surface area contributed by atoms with Crippen molar-refractivity contribution in [2.75, 3.05) is 6.54 Å². The fourth-order valence-corrected chi connectivity index (χ4v) is 1.73. The van der Waals surface area contributed by atoms with E-state index in [0.29, 0.717) is 18.5 Å². The molecule has 1 heterocycles. The van der Waals surface area contributed by atoms with Gasteiger partial charge in [-0.3, -0.25) is 9.89 Å². The van der Waals surface area contributed by atoms with Crippen LogP contribution >= 0.6 is 0 Å². The first-order chi connectivity index (χ1) is 9.65. The number of halogens is 2. The van der Waals surface area contributed by atoms with Crippen LogP contribution in [-0.2, 0) is 17.6 Å². The molecule has 2 rings (SSSR count). The van der Waals surface area contributed by atoms with Gasteiger partial charge in [0.05, 0.1) is 6.42 Å².